The largest absolute Gasteiger partial charge is 0.479 e. The summed E-state index contributed by atoms with van der Waals surface area (Å²) in [4.78, 5) is 10.2. The van der Waals surface area contributed by atoms with Gasteiger partial charge in [0.1, 0.15) is 5.67 Å². The first-order valence-corrected chi connectivity index (χ1v) is 3.36. The molecule has 3 nitrogen and oxygen atoms in total. The van der Waals surface area contributed by atoms with Crippen molar-refractivity contribution < 1.29 is 19.0 Å². The number of alkyl halides is 1. The standard InChI is InChI=1S/C7H13FO3/c1-5(6(9)10)11-4-7(2,3)8/h5H,4H2,1-3H3,(H,9,10). The summed E-state index contributed by atoms with van der Waals surface area (Å²) in [6.07, 6.45) is -0.940. The first kappa shape index (κ1) is 10.4. The Morgan fingerprint density at radius 3 is 2.45 bits per heavy atom. The van der Waals surface area contributed by atoms with Crippen LogP contribution in [0.1, 0.15) is 20.8 Å². The Labute approximate surface area is 65.2 Å². The van der Waals surface area contributed by atoms with Crippen molar-refractivity contribution in [1.29, 1.82) is 0 Å². The lowest BCUT2D eigenvalue weighted by molar-refractivity contribution is -0.151. The second-order valence-corrected chi connectivity index (χ2v) is 3.01. The van der Waals surface area contributed by atoms with Crippen LogP contribution in [0.4, 0.5) is 4.39 Å². The van der Waals surface area contributed by atoms with Crippen molar-refractivity contribution >= 4 is 5.97 Å². The van der Waals surface area contributed by atoms with Crippen LogP contribution < -0.4 is 0 Å². The number of aliphatic carboxylic acids is 1. The molecule has 66 valence electrons. The fourth-order valence-electron chi connectivity index (χ4n) is 0.394. The van der Waals surface area contributed by atoms with Gasteiger partial charge in [-0.3, -0.25) is 0 Å². The number of carbonyl (C=O) groups is 1. The number of hydrogen-bond donors (Lipinski definition) is 1. The van der Waals surface area contributed by atoms with Crippen LogP contribution >= 0.6 is 0 Å². The van der Waals surface area contributed by atoms with Gasteiger partial charge in [0, 0.05) is 0 Å². The molecule has 11 heavy (non-hydrogen) atoms. The van der Waals surface area contributed by atoms with Crippen LogP contribution in [0.25, 0.3) is 0 Å². The number of ether oxygens (including phenoxy) is 1. The summed E-state index contributed by atoms with van der Waals surface area (Å²) < 4.78 is 17.4. The molecule has 0 heterocycles. The summed E-state index contributed by atoms with van der Waals surface area (Å²) in [5, 5.41) is 8.33. The van der Waals surface area contributed by atoms with Crippen molar-refractivity contribution in [3.8, 4) is 0 Å². The van der Waals surface area contributed by atoms with Crippen LogP contribution in [0.3, 0.4) is 0 Å². The Bertz CT molecular complexity index is 139. The highest BCUT2D eigenvalue weighted by Crippen LogP contribution is 2.09. The number of carboxylic acids is 1. The Kier molecular flexibility index (Phi) is 3.45. The predicted molar refractivity (Wildman–Crippen MR) is 38.2 cm³/mol. The predicted octanol–water partition coefficient (Wildman–Crippen LogP) is 1.22. The third-order valence-electron chi connectivity index (χ3n) is 1.02. The number of halogens is 1. The summed E-state index contributed by atoms with van der Waals surface area (Å²) in [6, 6.07) is 0. The van der Waals surface area contributed by atoms with Gasteiger partial charge >= 0.3 is 5.97 Å². The van der Waals surface area contributed by atoms with Crippen molar-refractivity contribution in [1.82, 2.24) is 0 Å². The maximum absolute atomic E-state index is 12.7. The minimum Gasteiger partial charge on any atom is -0.479 e. The average molecular weight is 164 g/mol. The molecule has 0 aromatic heterocycles. The van der Waals surface area contributed by atoms with Gasteiger partial charge in [-0.25, -0.2) is 9.18 Å². The highest BCUT2D eigenvalue weighted by Gasteiger charge is 2.19. The molecule has 1 unspecified atom stereocenters. The fraction of sp³-hybridized carbons (Fsp3) is 0.857. The number of hydrogen-bond acceptors (Lipinski definition) is 2. The van der Waals surface area contributed by atoms with Gasteiger partial charge in [-0.2, -0.15) is 0 Å². The average Bonchev–Trinajstić information content (AvgIpc) is 1.80. The summed E-state index contributed by atoms with van der Waals surface area (Å²) in [5.74, 6) is -1.07. The first-order valence-electron chi connectivity index (χ1n) is 3.36. The van der Waals surface area contributed by atoms with Gasteiger partial charge in [-0.1, -0.05) is 0 Å². The first-order chi connectivity index (χ1) is 4.83. The van der Waals surface area contributed by atoms with E-state index < -0.39 is 17.7 Å². The van der Waals surface area contributed by atoms with E-state index in [4.69, 9.17) is 9.84 Å². The van der Waals surface area contributed by atoms with E-state index in [0.717, 1.165) is 0 Å². The van der Waals surface area contributed by atoms with E-state index in [-0.39, 0.29) is 6.61 Å². The lowest BCUT2D eigenvalue weighted by atomic mass is 10.2. The van der Waals surface area contributed by atoms with Gasteiger partial charge in [0.2, 0.25) is 0 Å². The minimum atomic E-state index is -1.47. The van der Waals surface area contributed by atoms with E-state index in [1.807, 2.05) is 0 Å². The summed E-state index contributed by atoms with van der Waals surface area (Å²) in [6.45, 7) is 3.84. The molecule has 0 saturated heterocycles. The molecule has 4 heteroatoms. The van der Waals surface area contributed by atoms with E-state index in [1.54, 1.807) is 0 Å². The van der Waals surface area contributed by atoms with Crippen molar-refractivity contribution in [2.75, 3.05) is 6.61 Å². The summed E-state index contributed by atoms with van der Waals surface area (Å²) >= 11 is 0. The monoisotopic (exact) mass is 164 g/mol. The third kappa shape index (κ3) is 5.79. The quantitative estimate of drug-likeness (QED) is 0.679. The van der Waals surface area contributed by atoms with Crippen molar-refractivity contribution in [2.24, 2.45) is 0 Å². The Balaban J connectivity index is 3.63. The lowest BCUT2D eigenvalue weighted by Crippen LogP contribution is -2.28. The summed E-state index contributed by atoms with van der Waals surface area (Å²) in [5.41, 5.74) is -1.47. The third-order valence-corrected chi connectivity index (χ3v) is 1.02. The molecule has 0 fully saturated rings. The van der Waals surface area contributed by atoms with E-state index in [9.17, 15) is 9.18 Å². The van der Waals surface area contributed by atoms with Crippen molar-refractivity contribution in [3.05, 3.63) is 0 Å². The van der Waals surface area contributed by atoms with Gasteiger partial charge in [-0.05, 0) is 20.8 Å². The number of rotatable bonds is 4. The van der Waals surface area contributed by atoms with E-state index in [0.29, 0.717) is 0 Å². The molecule has 0 aliphatic carbocycles. The second-order valence-electron chi connectivity index (χ2n) is 3.01. The zero-order valence-electron chi connectivity index (χ0n) is 6.93. The molecule has 0 rings (SSSR count). The Morgan fingerprint density at radius 1 is 1.73 bits per heavy atom. The van der Waals surface area contributed by atoms with Gasteiger partial charge in [0.25, 0.3) is 0 Å². The maximum Gasteiger partial charge on any atom is 0.332 e. The van der Waals surface area contributed by atoms with Gasteiger partial charge in [0.05, 0.1) is 6.61 Å². The molecule has 0 saturated carbocycles. The normalized spacial score (nSPS) is 14.5. The van der Waals surface area contributed by atoms with Crippen LogP contribution in [0.2, 0.25) is 0 Å². The highest BCUT2D eigenvalue weighted by atomic mass is 19.1. The van der Waals surface area contributed by atoms with E-state index >= 15 is 0 Å². The van der Waals surface area contributed by atoms with E-state index in [1.165, 1.54) is 20.8 Å². The lowest BCUT2D eigenvalue weighted by Gasteiger charge is -2.16. The van der Waals surface area contributed by atoms with Crippen LogP contribution in [0.15, 0.2) is 0 Å². The topological polar surface area (TPSA) is 46.5 Å². The molecule has 1 N–H and O–H groups in total. The van der Waals surface area contributed by atoms with E-state index in [2.05, 4.69) is 0 Å². The fourth-order valence-corrected chi connectivity index (χ4v) is 0.394. The molecule has 0 bridgehead atoms. The molecule has 0 radical (unpaired) electrons. The van der Waals surface area contributed by atoms with Gasteiger partial charge in [-0.15, -0.1) is 0 Å². The maximum atomic E-state index is 12.7. The molecule has 0 aliphatic rings. The van der Waals surface area contributed by atoms with Gasteiger partial charge in [0.15, 0.2) is 6.10 Å². The Morgan fingerprint density at radius 2 is 2.18 bits per heavy atom. The molecule has 1 atom stereocenters. The molecule has 0 aromatic carbocycles. The van der Waals surface area contributed by atoms with Crippen LogP contribution in [0, 0.1) is 0 Å². The SMILES string of the molecule is CC(OCC(C)(C)F)C(=O)O. The van der Waals surface area contributed by atoms with Crippen LogP contribution in [-0.2, 0) is 9.53 Å². The van der Waals surface area contributed by atoms with Crippen molar-refractivity contribution in [2.45, 2.75) is 32.5 Å². The second kappa shape index (κ2) is 3.67. The van der Waals surface area contributed by atoms with Crippen molar-refractivity contribution in [3.63, 3.8) is 0 Å². The molecular weight excluding hydrogens is 151 g/mol. The molecule has 0 aliphatic heterocycles. The zero-order valence-corrected chi connectivity index (χ0v) is 6.93. The van der Waals surface area contributed by atoms with Gasteiger partial charge < -0.3 is 9.84 Å². The summed E-state index contributed by atoms with van der Waals surface area (Å²) in [7, 11) is 0. The molecule has 0 aromatic rings. The smallest absolute Gasteiger partial charge is 0.332 e. The minimum absolute atomic E-state index is 0.194. The Hall–Kier alpha value is -0.640. The molecule has 0 amide bonds. The molecular formula is C7H13FO3. The zero-order chi connectivity index (χ0) is 9.07. The van der Waals surface area contributed by atoms with Crippen LogP contribution in [-0.4, -0.2) is 29.5 Å². The van der Waals surface area contributed by atoms with Crippen LogP contribution in [0.5, 0.6) is 0 Å². The molecule has 0 spiro atoms. The highest BCUT2D eigenvalue weighted by molar-refractivity contribution is 5.71. The number of carboxylic acid groups (broad SMARTS) is 1.